The van der Waals surface area contributed by atoms with E-state index in [4.69, 9.17) is 28.5 Å². The van der Waals surface area contributed by atoms with E-state index in [2.05, 4.69) is 5.32 Å². The molecule has 0 spiro atoms. The molecular weight excluding hydrogens is 274 g/mol. The summed E-state index contributed by atoms with van der Waals surface area (Å²) in [6, 6.07) is 11.0. The zero-order valence-corrected chi connectivity index (χ0v) is 10.6. The molecule has 2 rings (SSSR count). The zero-order chi connectivity index (χ0) is 13.1. The molecule has 2 aromatic rings. The molecule has 2 nitrogen and oxygen atoms in total. The van der Waals surface area contributed by atoms with Gasteiger partial charge in [-0.1, -0.05) is 29.3 Å². The van der Waals surface area contributed by atoms with E-state index in [1.807, 2.05) is 6.07 Å². The maximum atomic E-state index is 13.6. The summed E-state index contributed by atoms with van der Waals surface area (Å²) < 4.78 is 13.6. The Hall–Kier alpha value is -1.76. The molecule has 18 heavy (non-hydrogen) atoms. The van der Waals surface area contributed by atoms with Crippen LogP contribution in [0.5, 0.6) is 0 Å². The van der Waals surface area contributed by atoms with Gasteiger partial charge in [-0.05, 0) is 30.3 Å². The van der Waals surface area contributed by atoms with Gasteiger partial charge in [0, 0.05) is 5.02 Å². The highest BCUT2D eigenvalue weighted by Crippen LogP contribution is 2.30. The van der Waals surface area contributed by atoms with E-state index in [0.717, 1.165) is 0 Å². The molecule has 0 aliphatic heterocycles. The molecule has 0 aliphatic rings. The Kier molecular flexibility index (Phi) is 3.71. The molecule has 5 heteroatoms. The molecule has 0 heterocycles. The molecule has 0 saturated carbocycles. The van der Waals surface area contributed by atoms with Gasteiger partial charge in [-0.2, -0.15) is 5.26 Å². The number of hydrogen-bond acceptors (Lipinski definition) is 2. The molecule has 90 valence electrons. The van der Waals surface area contributed by atoms with Crippen LogP contribution in [0.4, 0.5) is 15.8 Å². The van der Waals surface area contributed by atoms with Crippen LogP contribution in [0.3, 0.4) is 0 Å². The van der Waals surface area contributed by atoms with E-state index in [-0.39, 0.29) is 10.7 Å². The van der Waals surface area contributed by atoms with Crippen LogP contribution < -0.4 is 5.32 Å². The third kappa shape index (κ3) is 2.56. The number of nitrogens with one attached hydrogen (secondary N) is 1. The van der Waals surface area contributed by atoms with Crippen molar-refractivity contribution in [3.05, 3.63) is 57.8 Å². The van der Waals surface area contributed by atoms with Crippen LogP contribution in [0.15, 0.2) is 36.4 Å². The summed E-state index contributed by atoms with van der Waals surface area (Å²) >= 11 is 11.7. The van der Waals surface area contributed by atoms with E-state index in [0.29, 0.717) is 16.3 Å². The molecular formula is C13H7Cl2FN2. The summed E-state index contributed by atoms with van der Waals surface area (Å²) in [4.78, 5) is 0. The van der Waals surface area contributed by atoms with Crippen LogP contribution in [0.1, 0.15) is 5.56 Å². The van der Waals surface area contributed by atoms with E-state index >= 15 is 0 Å². The minimum Gasteiger partial charge on any atom is -0.351 e. The Balaban J connectivity index is 2.46. The van der Waals surface area contributed by atoms with Gasteiger partial charge in [-0.15, -0.1) is 0 Å². The number of nitrogens with zero attached hydrogens (tertiary/aromatic N) is 1. The highest BCUT2D eigenvalue weighted by Gasteiger charge is 2.10. The van der Waals surface area contributed by atoms with Gasteiger partial charge in [0.25, 0.3) is 0 Å². The lowest BCUT2D eigenvalue weighted by Crippen LogP contribution is -1.97. The van der Waals surface area contributed by atoms with Gasteiger partial charge in [0.2, 0.25) is 0 Å². The summed E-state index contributed by atoms with van der Waals surface area (Å²) in [6.45, 7) is 0. The largest absolute Gasteiger partial charge is 0.351 e. The lowest BCUT2D eigenvalue weighted by Gasteiger charge is -2.11. The van der Waals surface area contributed by atoms with Gasteiger partial charge < -0.3 is 5.32 Å². The molecule has 0 atom stereocenters. The number of para-hydroxylation sites is 1. The van der Waals surface area contributed by atoms with Crippen molar-refractivity contribution in [3.8, 4) is 6.07 Å². The van der Waals surface area contributed by atoms with Crippen molar-refractivity contribution in [2.24, 2.45) is 0 Å². The van der Waals surface area contributed by atoms with Crippen molar-refractivity contribution in [3.63, 3.8) is 0 Å². The molecule has 0 amide bonds. The Bertz CT molecular complexity index is 615. The number of halogens is 3. The van der Waals surface area contributed by atoms with Crippen LogP contribution >= 0.6 is 23.2 Å². The highest BCUT2D eigenvalue weighted by atomic mass is 35.5. The third-order valence-corrected chi connectivity index (χ3v) is 2.87. The summed E-state index contributed by atoms with van der Waals surface area (Å²) in [5.74, 6) is -0.494. The maximum absolute atomic E-state index is 13.6. The van der Waals surface area contributed by atoms with Gasteiger partial charge in [0.15, 0.2) is 0 Å². The van der Waals surface area contributed by atoms with Gasteiger partial charge in [-0.25, -0.2) is 4.39 Å². The van der Waals surface area contributed by atoms with Crippen molar-refractivity contribution in [1.82, 2.24) is 0 Å². The van der Waals surface area contributed by atoms with Crippen molar-refractivity contribution >= 4 is 34.6 Å². The van der Waals surface area contributed by atoms with Crippen LogP contribution in [-0.2, 0) is 0 Å². The molecule has 0 aromatic heterocycles. The summed E-state index contributed by atoms with van der Waals surface area (Å²) in [5, 5.41) is 12.4. The average molecular weight is 281 g/mol. The average Bonchev–Trinajstić information content (AvgIpc) is 2.34. The van der Waals surface area contributed by atoms with Crippen LogP contribution in [0.2, 0.25) is 10.0 Å². The monoisotopic (exact) mass is 280 g/mol. The number of nitriles is 1. The fraction of sp³-hybridized carbons (Fsp3) is 0. The number of anilines is 2. The first-order valence-corrected chi connectivity index (χ1v) is 5.78. The highest BCUT2D eigenvalue weighted by molar-refractivity contribution is 6.33. The SMILES string of the molecule is N#Cc1ccc(Cl)cc1Nc1c(F)cccc1Cl. The first-order chi connectivity index (χ1) is 8.61. The lowest BCUT2D eigenvalue weighted by molar-refractivity contribution is 0.632. The van der Waals surface area contributed by atoms with Crippen molar-refractivity contribution < 1.29 is 4.39 Å². The fourth-order valence-corrected chi connectivity index (χ4v) is 1.85. The number of hydrogen-bond donors (Lipinski definition) is 1. The van der Waals surface area contributed by atoms with E-state index in [9.17, 15) is 4.39 Å². The minimum atomic E-state index is -0.494. The second-order valence-electron chi connectivity index (χ2n) is 3.52. The van der Waals surface area contributed by atoms with E-state index < -0.39 is 5.82 Å². The molecule has 0 bridgehead atoms. The predicted molar refractivity (Wildman–Crippen MR) is 70.9 cm³/mol. The molecule has 0 aliphatic carbocycles. The molecule has 0 unspecified atom stereocenters. The first kappa shape index (κ1) is 12.7. The first-order valence-electron chi connectivity index (χ1n) is 5.02. The Morgan fingerprint density at radius 2 is 1.94 bits per heavy atom. The molecule has 0 fully saturated rings. The van der Waals surface area contributed by atoms with E-state index in [1.54, 1.807) is 24.3 Å². The molecule has 0 saturated heterocycles. The number of benzene rings is 2. The normalized spacial score (nSPS) is 9.89. The van der Waals surface area contributed by atoms with Gasteiger partial charge in [0.05, 0.1) is 22.0 Å². The summed E-state index contributed by atoms with van der Waals surface area (Å²) in [5.41, 5.74) is 0.897. The Morgan fingerprint density at radius 3 is 2.61 bits per heavy atom. The van der Waals surface area contributed by atoms with Gasteiger partial charge in [-0.3, -0.25) is 0 Å². The minimum absolute atomic E-state index is 0.123. The van der Waals surface area contributed by atoms with Crippen molar-refractivity contribution in [2.45, 2.75) is 0 Å². The molecule has 2 aromatic carbocycles. The van der Waals surface area contributed by atoms with E-state index in [1.165, 1.54) is 12.1 Å². The quantitative estimate of drug-likeness (QED) is 0.862. The lowest BCUT2D eigenvalue weighted by atomic mass is 10.2. The second kappa shape index (κ2) is 5.26. The van der Waals surface area contributed by atoms with Crippen LogP contribution in [0, 0.1) is 17.1 Å². The second-order valence-corrected chi connectivity index (χ2v) is 4.37. The van der Waals surface area contributed by atoms with Gasteiger partial charge in [0.1, 0.15) is 11.9 Å². The fourth-order valence-electron chi connectivity index (χ4n) is 1.47. The van der Waals surface area contributed by atoms with Crippen molar-refractivity contribution in [1.29, 1.82) is 5.26 Å². The van der Waals surface area contributed by atoms with Crippen molar-refractivity contribution in [2.75, 3.05) is 5.32 Å². The maximum Gasteiger partial charge on any atom is 0.148 e. The van der Waals surface area contributed by atoms with Crippen LogP contribution in [0.25, 0.3) is 0 Å². The molecule has 1 N–H and O–H groups in total. The topological polar surface area (TPSA) is 35.8 Å². The smallest absolute Gasteiger partial charge is 0.148 e. The van der Waals surface area contributed by atoms with Crippen LogP contribution in [-0.4, -0.2) is 0 Å². The predicted octanol–water partition coefficient (Wildman–Crippen LogP) is 4.75. The Labute approximate surface area is 114 Å². The number of rotatable bonds is 2. The van der Waals surface area contributed by atoms with Gasteiger partial charge >= 0.3 is 0 Å². The molecule has 0 radical (unpaired) electrons. The zero-order valence-electron chi connectivity index (χ0n) is 9.05. The Morgan fingerprint density at radius 1 is 1.17 bits per heavy atom. The summed E-state index contributed by atoms with van der Waals surface area (Å²) in [6.07, 6.45) is 0. The third-order valence-electron chi connectivity index (χ3n) is 2.32. The summed E-state index contributed by atoms with van der Waals surface area (Å²) in [7, 11) is 0. The standard InChI is InChI=1S/C13H7Cl2FN2/c14-9-5-4-8(7-17)12(6-9)18-13-10(15)2-1-3-11(13)16/h1-6,18H.